The van der Waals surface area contributed by atoms with Crippen molar-refractivity contribution in [1.29, 1.82) is 0 Å². The lowest BCUT2D eigenvalue weighted by molar-refractivity contribution is -0.186. The molecule has 1 saturated carbocycles. The van der Waals surface area contributed by atoms with E-state index < -0.39 is 12.1 Å². The number of nitrogens with zero attached hydrogens (tertiary/aromatic N) is 1. The monoisotopic (exact) mass is 238 g/mol. The van der Waals surface area contributed by atoms with Crippen LogP contribution in [-0.4, -0.2) is 43.8 Å². The Kier molecular flexibility index (Phi) is 4.62. The SMILES string of the molecule is CCN[C@@H]1C[C@H](C(F)(F)F)CC[C@H]1N(C)C. The molecule has 5 heteroatoms. The molecule has 0 aromatic heterocycles. The summed E-state index contributed by atoms with van der Waals surface area (Å²) in [6, 6.07) is 0.180. The third-order valence-corrected chi connectivity index (χ3v) is 3.41. The molecule has 0 radical (unpaired) electrons. The zero-order chi connectivity index (χ0) is 12.3. The van der Waals surface area contributed by atoms with Crippen LogP contribution in [0, 0.1) is 5.92 Å². The van der Waals surface area contributed by atoms with Gasteiger partial charge < -0.3 is 10.2 Å². The molecule has 0 aliphatic heterocycles. The number of likely N-dealkylation sites (N-methyl/N-ethyl adjacent to an activating group) is 2. The second-order valence-corrected chi connectivity index (χ2v) is 4.75. The fourth-order valence-electron chi connectivity index (χ4n) is 2.55. The van der Waals surface area contributed by atoms with E-state index in [4.69, 9.17) is 0 Å². The maximum atomic E-state index is 12.6. The smallest absolute Gasteiger partial charge is 0.313 e. The van der Waals surface area contributed by atoms with Crippen molar-refractivity contribution in [2.45, 2.75) is 44.4 Å². The Bertz CT molecular complexity index is 216. The predicted octanol–water partition coefficient (Wildman–Crippen LogP) is 2.26. The molecule has 1 N–H and O–H groups in total. The summed E-state index contributed by atoms with van der Waals surface area (Å²) in [6.45, 7) is 2.66. The molecule has 0 aromatic rings. The highest BCUT2D eigenvalue weighted by Gasteiger charge is 2.44. The molecule has 1 aliphatic rings. The van der Waals surface area contributed by atoms with Crippen molar-refractivity contribution in [3.05, 3.63) is 0 Å². The largest absolute Gasteiger partial charge is 0.391 e. The Morgan fingerprint density at radius 2 is 1.88 bits per heavy atom. The first kappa shape index (κ1) is 13.8. The summed E-state index contributed by atoms with van der Waals surface area (Å²) in [5, 5.41) is 3.18. The van der Waals surface area contributed by atoms with Crippen LogP contribution in [0.5, 0.6) is 0 Å². The van der Waals surface area contributed by atoms with Crippen molar-refractivity contribution in [3.63, 3.8) is 0 Å². The minimum absolute atomic E-state index is 0.0413. The quantitative estimate of drug-likeness (QED) is 0.811. The average molecular weight is 238 g/mol. The van der Waals surface area contributed by atoms with Gasteiger partial charge in [0.2, 0.25) is 0 Å². The van der Waals surface area contributed by atoms with Gasteiger partial charge in [0.25, 0.3) is 0 Å². The fraction of sp³-hybridized carbons (Fsp3) is 1.00. The molecule has 0 amide bonds. The van der Waals surface area contributed by atoms with E-state index in [0.717, 1.165) is 6.54 Å². The molecule has 0 unspecified atom stereocenters. The molecule has 0 spiro atoms. The molecule has 16 heavy (non-hydrogen) atoms. The zero-order valence-corrected chi connectivity index (χ0v) is 10.1. The predicted molar refractivity (Wildman–Crippen MR) is 58.3 cm³/mol. The van der Waals surface area contributed by atoms with E-state index in [2.05, 4.69) is 5.32 Å². The number of hydrogen-bond donors (Lipinski definition) is 1. The van der Waals surface area contributed by atoms with E-state index in [0.29, 0.717) is 6.42 Å². The maximum Gasteiger partial charge on any atom is 0.391 e. The van der Waals surface area contributed by atoms with Crippen LogP contribution in [0.2, 0.25) is 0 Å². The summed E-state index contributed by atoms with van der Waals surface area (Å²) >= 11 is 0. The van der Waals surface area contributed by atoms with Gasteiger partial charge in [-0.2, -0.15) is 13.2 Å². The summed E-state index contributed by atoms with van der Waals surface area (Å²) in [6.07, 6.45) is -2.95. The van der Waals surface area contributed by atoms with E-state index in [1.54, 1.807) is 0 Å². The van der Waals surface area contributed by atoms with E-state index in [1.807, 2.05) is 25.9 Å². The van der Waals surface area contributed by atoms with E-state index in [-0.39, 0.29) is 24.9 Å². The first-order valence-corrected chi connectivity index (χ1v) is 5.82. The van der Waals surface area contributed by atoms with Gasteiger partial charge in [0.05, 0.1) is 5.92 Å². The van der Waals surface area contributed by atoms with Crippen molar-refractivity contribution < 1.29 is 13.2 Å². The number of rotatable bonds is 3. The Labute approximate surface area is 95.2 Å². The van der Waals surface area contributed by atoms with Crippen molar-refractivity contribution in [3.8, 4) is 0 Å². The lowest BCUT2D eigenvalue weighted by Crippen LogP contribution is -2.52. The molecule has 96 valence electrons. The van der Waals surface area contributed by atoms with Gasteiger partial charge in [-0.05, 0) is 39.9 Å². The van der Waals surface area contributed by atoms with Crippen LogP contribution in [-0.2, 0) is 0 Å². The summed E-state index contributed by atoms with van der Waals surface area (Å²) in [7, 11) is 3.87. The summed E-state index contributed by atoms with van der Waals surface area (Å²) < 4.78 is 37.9. The first-order valence-electron chi connectivity index (χ1n) is 5.82. The van der Waals surface area contributed by atoms with Crippen LogP contribution in [0.25, 0.3) is 0 Å². The van der Waals surface area contributed by atoms with Crippen LogP contribution in [0.1, 0.15) is 26.2 Å². The topological polar surface area (TPSA) is 15.3 Å². The Morgan fingerprint density at radius 1 is 1.25 bits per heavy atom. The van der Waals surface area contributed by atoms with Crippen LogP contribution < -0.4 is 5.32 Å². The molecule has 1 aliphatic carbocycles. The summed E-state index contributed by atoms with van der Waals surface area (Å²) in [5.41, 5.74) is 0. The summed E-state index contributed by atoms with van der Waals surface area (Å²) in [5.74, 6) is -1.13. The highest BCUT2D eigenvalue weighted by Crippen LogP contribution is 2.38. The molecule has 3 atom stereocenters. The van der Waals surface area contributed by atoms with E-state index in [9.17, 15) is 13.2 Å². The fourth-order valence-corrected chi connectivity index (χ4v) is 2.55. The zero-order valence-electron chi connectivity index (χ0n) is 10.1. The summed E-state index contributed by atoms with van der Waals surface area (Å²) in [4.78, 5) is 2.03. The normalized spacial score (nSPS) is 32.1. The Hall–Kier alpha value is -0.290. The molecule has 0 bridgehead atoms. The van der Waals surface area contributed by atoms with Crippen LogP contribution >= 0.6 is 0 Å². The minimum atomic E-state index is -4.04. The number of alkyl halides is 3. The third kappa shape index (κ3) is 3.35. The van der Waals surface area contributed by atoms with Gasteiger partial charge in [0.15, 0.2) is 0 Å². The Morgan fingerprint density at radius 3 is 2.31 bits per heavy atom. The van der Waals surface area contributed by atoms with Crippen LogP contribution in [0.3, 0.4) is 0 Å². The highest BCUT2D eigenvalue weighted by atomic mass is 19.4. The first-order chi connectivity index (χ1) is 7.36. The number of hydrogen-bond acceptors (Lipinski definition) is 2. The average Bonchev–Trinajstić information content (AvgIpc) is 2.16. The van der Waals surface area contributed by atoms with Gasteiger partial charge >= 0.3 is 6.18 Å². The van der Waals surface area contributed by atoms with Gasteiger partial charge in [0, 0.05) is 12.1 Å². The van der Waals surface area contributed by atoms with Crippen LogP contribution in [0.15, 0.2) is 0 Å². The van der Waals surface area contributed by atoms with Crippen LogP contribution in [0.4, 0.5) is 13.2 Å². The molecular weight excluding hydrogens is 217 g/mol. The number of halogens is 3. The second kappa shape index (κ2) is 5.36. The van der Waals surface area contributed by atoms with E-state index >= 15 is 0 Å². The van der Waals surface area contributed by atoms with E-state index in [1.165, 1.54) is 0 Å². The molecule has 1 fully saturated rings. The number of nitrogens with one attached hydrogen (secondary N) is 1. The van der Waals surface area contributed by atoms with Crippen molar-refractivity contribution >= 4 is 0 Å². The van der Waals surface area contributed by atoms with Crippen molar-refractivity contribution in [2.75, 3.05) is 20.6 Å². The van der Waals surface area contributed by atoms with Gasteiger partial charge in [-0.25, -0.2) is 0 Å². The highest BCUT2D eigenvalue weighted by molar-refractivity contribution is 4.91. The van der Waals surface area contributed by atoms with Gasteiger partial charge in [-0.1, -0.05) is 6.92 Å². The lowest BCUT2D eigenvalue weighted by atomic mass is 9.81. The third-order valence-electron chi connectivity index (χ3n) is 3.41. The lowest BCUT2D eigenvalue weighted by Gasteiger charge is -2.40. The Balaban J connectivity index is 2.65. The standard InChI is InChI=1S/C11H21F3N2/c1-4-15-9-7-8(11(12,13)14)5-6-10(9)16(2)3/h8-10,15H,4-7H2,1-3H3/t8-,9-,10-/m1/s1. The van der Waals surface area contributed by atoms with Crippen molar-refractivity contribution in [1.82, 2.24) is 10.2 Å². The van der Waals surface area contributed by atoms with Gasteiger partial charge in [-0.15, -0.1) is 0 Å². The molecule has 0 aromatic carbocycles. The maximum absolute atomic E-state index is 12.6. The second-order valence-electron chi connectivity index (χ2n) is 4.75. The van der Waals surface area contributed by atoms with Gasteiger partial charge in [0.1, 0.15) is 0 Å². The minimum Gasteiger partial charge on any atom is -0.313 e. The van der Waals surface area contributed by atoms with Crippen molar-refractivity contribution in [2.24, 2.45) is 5.92 Å². The van der Waals surface area contributed by atoms with Gasteiger partial charge in [-0.3, -0.25) is 0 Å². The molecule has 0 saturated heterocycles. The molecule has 1 rings (SSSR count). The molecule has 2 nitrogen and oxygen atoms in total. The molecular formula is C11H21F3N2. The molecule has 0 heterocycles.